The van der Waals surface area contributed by atoms with Gasteiger partial charge in [0.25, 0.3) is 0 Å². The van der Waals surface area contributed by atoms with Gasteiger partial charge < -0.3 is 5.32 Å². The van der Waals surface area contributed by atoms with Crippen LogP contribution in [-0.2, 0) is 0 Å². The Balaban J connectivity index is 1.89. The average Bonchev–Trinajstić information content (AvgIpc) is 3.25. The van der Waals surface area contributed by atoms with E-state index in [9.17, 15) is 0 Å². The van der Waals surface area contributed by atoms with E-state index in [2.05, 4.69) is 28.3 Å². The molecule has 4 heteroatoms. The summed E-state index contributed by atoms with van der Waals surface area (Å²) in [4.78, 5) is 13.0. The van der Waals surface area contributed by atoms with Gasteiger partial charge >= 0.3 is 0 Å². The Morgan fingerprint density at radius 2 is 1.81 bits per heavy atom. The van der Waals surface area contributed by atoms with Crippen molar-refractivity contribution in [2.75, 3.05) is 5.32 Å². The average molecular weight is 276 g/mol. The van der Waals surface area contributed by atoms with Gasteiger partial charge in [0, 0.05) is 40.8 Å². The first-order valence-electron chi connectivity index (χ1n) is 7.17. The highest BCUT2D eigenvalue weighted by Gasteiger charge is 2.37. The molecule has 0 atom stereocenters. The molecular weight excluding hydrogens is 260 g/mol. The first-order chi connectivity index (χ1) is 10.2. The molecular formula is C17H16N4. The van der Waals surface area contributed by atoms with Crippen molar-refractivity contribution in [2.45, 2.75) is 25.3 Å². The minimum atomic E-state index is 0.229. The summed E-state index contributed by atoms with van der Waals surface area (Å²) in [6, 6.07) is 8.11. The Hall–Kier alpha value is -2.49. The quantitative estimate of drug-likeness (QED) is 0.793. The molecule has 3 aromatic heterocycles. The predicted octanol–water partition coefficient (Wildman–Crippen LogP) is 3.66. The van der Waals surface area contributed by atoms with Crippen LogP contribution in [0.5, 0.6) is 0 Å². The van der Waals surface area contributed by atoms with Gasteiger partial charge in [0.15, 0.2) is 0 Å². The maximum absolute atomic E-state index is 4.73. The smallest absolute Gasteiger partial charge is 0.0913 e. The minimum absolute atomic E-state index is 0.229. The van der Waals surface area contributed by atoms with Crippen LogP contribution in [0.2, 0.25) is 0 Å². The fourth-order valence-electron chi connectivity index (χ4n) is 2.49. The number of hydrogen-bond donors (Lipinski definition) is 1. The van der Waals surface area contributed by atoms with Crippen molar-refractivity contribution in [3.63, 3.8) is 0 Å². The molecule has 1 aliphatic carbocycles. The summed E-state index contributed by atoms with van der Waals surface area (Å²) in [7, 11) is 0. The zero-order valence-electron chi connectivity index (χ0n) is 11.9. The molecule has 1 N–H and O–H groups in total. The molecule has 4 rings (SSSR count). The molecule has 0 aliphatic heterocycles. The van der Waals surface area contributed by atoms with Gasteiger partial charge in [0.1, 0.15) is 0 Å². The van der Waals surface area contributed by atoms with Crippen molar-refractivity contribution in [1.29, 1.82) is 0 Å². The summed E-state index contributed by atoms with van der Waals surface area (Å²) < 4.78 is 0. The first kappa shape index (κ1) is 12.3. The van der Waals surface area contributed by atoms with E-state index in [0.29, 0.717) is 0 Å². The van der Waals surface area contributed by atoms with Crippen molar-refractivity contribution in [3.05, 3.63) is 49.1 Å². The van der Waals surface area contributed by atoms with Crippen LogP contribution in [0.25, 0.3) is 22.2 Å². The van der Waals surface area contributed by atoms with Crippen LogP contribution >= 0.6 is 0 Å². The van der Waals surface area contributed by atoms with E-state index >= 15 is 0 Å². The number of rotatable bonds is 3. The molecule has 0 amide bonds. The molecule has 1 saturated carbocycles. The molecule has 3 heterocycles. The summed E-state index contributed by atoms with van der Waals surface area (Å²) in [5.74, 6) is 0. The molecule has 1 aliphatic rings. The van der Waals surface area contributed by atoms with Crippen molar-refractivity contribution < 1.29 is 0 Å². The van der Waals surface area contributed by atoms with Gasteiger partial charge in [-0.3, -0.25) is 9.97 Å². The topological polar surface area (TPSA) is 50.7 Å². The normalized spacial score (nSPS) is 15.9. The van der Waals surface area contributed by atoms with Crippen molar-refractivity contribution in [3.8, 4) is 11.3 Å². The van der Waals surface area contributed by atoms with Gasteiger partial charge in [-0.25, -0.2) is 4.98 Å². The summed E-state index contributed by atoms with van der Waals surface area (Å²) in [6.45, 7) is 2.26. The van der Waals surface area contributed by atoms with E-state index in [1.54, 1.807) is 12.4 Å². The molecule has 1 fully saturated rings. The zero-order valence-corrected chi connectivity index (χ0v) is 11.9. The van der Waals surface area contributed by atoms with Crippen LogP contribution in [0.15, 0.2) is 49.1 Å². The Kier molecular flexibility index (Phi) is 2.64. The van der Waals surface area contributed by atoms with E-state index in [0.717, 1.165) is 27.8 Å². The maximum Gasteiger partial charge on any atom is 0.0913 e. The van der Waals surface area contributed by atoms with Crippen LogP contribution in [0, 0.1) is 0 Å². The first-order valence-corrected chi connectivity index (χ1v) is 7.17. The monoisotopic (exact) mass is 276 g/mol. The summed E-state index contributed by atoms with van der Waals surface area (Å²) in [6.07, 6.45) is 9.65. The Morgan fingerprint density at radius 3 is 2.57 bits per heavy atom. The summed E-state index contributed by atoms with van der Waals surface area (Å²) in [5, 5.41) is 4.78. The number of hydrogen-bond acceptors (Lipinski definition) is 4. The lowest BCUT2D eigenvalue weighted by atomic mass is 10.1. The van der Waals surface area contributed by atoms with Crippen molar-refractivity contribution in [1.82, 2.24) is 15.0 Å². The van der Waals surface area contributed by atoms with Crippen molar-refractivity contribution >= 4 is 16.6 Å². The highest BCUT2D eigenvalue weighted by molar-refractivity contribution is 5.93. The predicted molar refractivity (Wildman–Crippen MR) is 84.0 cm³/mol. The standard InChI is InChI=1S/C17H16N4/c1-17(5-6-17)21-15-10-14(12-2-7-18-8-3-12)20-16-11-19-9-4-13(15)16/h2-4,7-11H,5-6H2,1H3,(H,20,21). The van der Waals surface area contributed by atoms with E-state index in [-0.39, 0.29) is 5.54 Å². The lowest BCUT2D eigenvalue weighted by Gasteiger charge is -2.16. The second-order valence-electron chi connectivity index (χ2n) is 5.87. The second-order valence-corrected chi connectivity index (χ2v) is 5.87. The Bertz CT molecular complexity index is 794. The highest BCUT2D eigenvalue weighted by Crippen LogP contribution is 2.40. The molecule has 21 heavy (non-hydrogen) atoms. The van der Waals surface area contributed by atoms with Crippen LogP contribution in [0.1, 0.15) is 19.8 Å². The van der Waals surface area contributed by atoms with Gasteiger partial charge in [-0.15, -0.1) is 0 Å². The molecule has 0 saturated heterocycles. The van der Waals surface area contributed by atoms with E-state index in [1.165, 1.54) is 12.8 Å². The third-order valence-corrected chi connectivity index (χ3v) is 4.02. The molecule has 0 bridgehead atoms. The van der Waals surface area contributed by atoms with Crippen LogP contribution < -0.4 is 5.32 Å². The van der Waals surface area contributed by atoms with E-state index in [4.69, 9.17) is 4.98 Å². The molecule has 0 radical (unpaired) electrons. The largest absolute Gasteiger partial charge is 0.379 e. The van der Waals surface area contributed by atoms with Crippen LogP contribution in [0.3, 0.4) is 0 Å². The van der Waals surface area contributed by atoms with E-state index in [1.807, 2.05) is 30.6 Å². The van der Waals surface area contributed by atoms with Gasteiger partial charge in [0.2, 0.25) is 0 Å². The SMILES string of the molecule is CC1(Nc2cc(-c3ccncc3)nc3cnccc23)CC1. The van der Waals surface area contributed by atoms with Gasteiger partial charge in [-0.2, -0.15) is 0 Å². The highest BCUT2D eigenvalue weighted by atomic mass is 15.0. The van der Waals surface area contributed by atoms with Gasteiger partial charge in [0.05, 0.1) is 17.4 Å². The fourth-order valence-corrected chi connectivity index (χ4v) is 2.49. The van der Waals surface area contributed by atoms with E-state index < -0.39 is 0 Å². The molecule has 0 spiro atoms. The lowest BCUT2D eigenvalue weighted by Crippen LogP contribution is -2.16. The lowest BCUT2D eigenvalue weighted by molar-refractivity contribution is 0.831. The Morgan fingerprint density at radius 1 is 1.05 bits per heavy atom. The van der Waals surface area contributed by atoms with Crippen molar-refractivity contribution in [2.24, 2.45) is 0 Å². The number of nitrogens with one attached hydrogen (secondary N) is 1. The summed E-state index contributed by atoms with van der Waals surface area (Å²) >= 11 is 0. The molecule has 104 valence electrons. The number of anilines is 1. The third kappa shape index (κ3) is 2.33. The third-order valence-electron chi connectivity index (χ3n) is 4.02. The fraction of sp³-hybridized carbons (Fsp3) is 0.235. The molecule has 3 aromatic rings. The number of nitrogens with zero attached hydrogens (tertiary/aromatic N) is 3. The second kappa shape index (κ2) is 4.52. The van der Waals surface area contributed by atoms with Gasteiger partial charge in [-0.05, 0) is 44.0 Å². The number of fused-ring (bicyclic) bond motifs is 1. The van der Waals surface area contributed by atoms with Crippen LogP contribution in [-0.4, -0.2) is 20.5 Å². The number of aromatic nitrogens is 3. The number of pyridine rings is 3. The molecule has 0 aromatic carbocycles. The Labute approximate surface area is 123 Å². The minimum Gasteiger partial charge on any atom is -0.379 e. The molecule has 0 unspecified atom stereocenters. The van der Waals surface area contributed by atoms with Gasteiger partial charge in [-0.1, -0.05) is 0 Å². The maximum atomic E-state index is 4.73. The molecule has 4 nitrogen and oxygen atoms in total. The summed E-state index contributed by atoms with van der Waals surface area (Å²) in [5.41, 5.74) is 4.30. The zero-order chi connectivity index (χ0) is 14.3. The van der Waals surface area contributed by atoms with Crippen LogP contribution in [0.4, 0.5) is 5.69 Å².